The van der Waals surface area contributed by atoms with Crippen molar-refractivity contribution >= 4 is 23.0 Å². The first kappa shape index (κ1) is 18.9. The van der Waals surface area contributed by atoms with E-state index in [0.29, 0.717) is 0 Å². The number of hydrogen-bond donors (Lipinski definition) is 1. The van der Waals surface area contributed by atoms with Crippen LogP contribution in [-0.4, -0.2) is 34.7 Å². The summed E-state index contributed by atoms with van der Waals surface area (Å²) in [5.41, 5.74) is 7.72. The van der Waals surface area contributed by atoms with Crippen LogP contribution < -0.4 is 5.32 Å². The van der Waals surface area contributed by atoms with Crippen molar-refractivity contribution in [3.05, 3.63) is 64.2 Å². The lowest BCUT2D eigenvalue weighted by Crippen LogP contribution is -2.48. The third kappa shape index (κ3) is 4.43. The maximum atomic E-state index is 5.73. The van der Waals surface area contributed by atoms with Gasteiger partial charge in [0.1, 0.15) is 0 Å². The first-order chi connectivity index (χ1) is 12.4. The summed E-state index contributed by atoms with van der Waals surface area (Å²) in [4.78, 5) is 4.78. The molecule has 1 heterocycles. The smallest absolute Gasteiger partial charge is 0.174 e. The molecule has 1 fully saturated rings. The second-order valence-electron chi connectivity index (χ2n) is 7.44. The van der Waals surface area contributed by atoms with Gasteiger partial charge >= 0.3 is 0 Å². The molecular formula is C22H29N3S. The zero-order chi connectivity index (χ0) is 18.7. The van der Waals surface area contributed by atoms with Crippen molar-refractivity contribution in [1.29, 1.82) is 0 Å². The van der Waals surface area contributed by atoms with Gasteiger partial charge in [-0.3, -0.25) is 4.90 Å². The quantitative estimate of drug-likeness (QED) is 0.787. The highest BCUT2D eigenvalue weighted by molar-refractivity contribution is 7.80. The van der Waals surface area contributed by atoms with Crippen LogP contribution >= 0.6 is 12.2 Å². The number of benzene rings is 2. The Morgan fingerprint density at radius 3 is 2.46 bits per heavy atom. The maximum absolute atomic E-state index is 5.73. The molecule has 0 bridgehead atoms. The van der Waals surface area contributed by atoms with E-state index in [2.05, 4.69) is 79.2 Å². The minimum atomic E-state index is 0.827. The molecular weight excluding hydrogens is 338 g/mol. The largest absolute Gasteiger partial charge is 0.336 e. The van der Waals surface area contributed by atoms with Crippen LogP contribution in [-0.2, 0) is 6.54 Å². The first-order valence-corrected chi connectivity index (χ1v) is 9.75. The van der Waals surface area contributed by atoms with Crippen molar-refractivity contribution in [1.82, 2.24) is 9.80 Å². The van der Waals surface area contributed by atoms with E-state index in [1.54, 1.807) is 0 Å². The Morgan fingerprint density at radius 2 is 1.73 bits per heavy atom. The van der Waals surface area contributed by atoms with Gasteiger partial charge in [0.25, 0.3) is 0 Å². The Balaban J connectivity index is 1.66. The fourth-order valence-electron chi connectivity index (χ4n) is 3.57. The van der Waals surface area contributed by atoms with Gasteiger partial charge in [0.2, 0.25) is 0 Å². The number of anilines is 1. The van der Waals surface area contributed by atoms with Crippen LogP contribution in [0, 0.1) is 27.7 Å². The fraction of sp³-hybridized carbons (Fsp3) is 0.409. The standard InChI is InChI=1S/C22H29N3S/c1-16-9-10-17(2)20(13-16)14-24-11-6-12-25(15-24)22(26)23-21-18(3)7-5-8-19(21)4/h5,7-10,13H,6,11-12,14-15H2,1-4H3,(H,23,26). The summed E-state index contributed by atoms with van der Waals surface area (Å²) in [6.45, 7) is 12.6. The SMILES string of the molecule is Cc1ccc(C)c(CN2CCCN(C(=S)Nc3c(C)cccc3C)C2)c1. The zero-order valence-corrected chi connectivity index (χ0v) is 17.1. The average Bonchev–Trinajstić information content (AvgIpc) is 2.61. The third-order valence-electron chi connectivity index (χ3n) is 5.17. The third-order valence-corrected chi connectivity index (χ3v) is 5.53. The molecule has 0 aromatic heterocycles. The molecule has 26 heavy (non-hydrogen) atoms. The summed E-state index contributed by atoms with van der Waals surface area (Å²) in [7, 11) is 0. The molecule has 2 aromatic rings. The summed E-state index contributed by atoms with van der Waals surface area (Å²) in [6, 6.07) is 13.1. The topological polar surface area (TPSA) is 18.5 Å². The highest BCUT2D eigenvalue weighted by Crippen LogP contribution is 2.21. The van der Waals surface area contributed by atoms with Crippen molar-refractivity contribution in [3.8, 4) is 0 Å². The Hall–Kier alpha value is -1.91. The predicted molar refractivity (Wildman–Crippen MR) is 115 cm³/mol. The molecule has 3 rings (SSSR count). The van der Waals surface area contributed by atoms with Crippen LogP contribution in [0.4, 0.5) is 5.69 Å². The molecule has 3 nitrogen and oxygen atoms in total. The Labute approximate surface area is 163 Å². The van der Waals surface area contributed by atoms with Crippen LogP contribution in [0.25, 0.3) is 0 Å². The summed E-state index contributed by atoms with van der Waals surface area (Å²) in [5.74, 6) is 0. The number of rotatable bonds is 3. The monoisotopic (exact) mass is 367 g/mol. The molecule has 1 aliphatic heterocycles. The van der Waals surface area contributed by atoms with Gasteiger partial charge in [0.05, 0.1) is 6.67 Å². The molecule has 138 valence electrons. The van der Waals surface area contributed by atoms with Gasteiger partial charge in [-0.25, -0.2) is 0 Å². The van der Waals surface area contributed by atoms with Crippen LogP contribution in [0.1, 0.15) is 34.2 Å². The highest BCUT2D eigenvalue weighted by atomic mass is 32.1. The molecule has 0 unspecified atom stereocenters. The molecule has 2 aromatic carbocycles. The molecule has 1 N–H and O–H groups in total. The van der Waals surface area contributed by atoms with E-state index < -0.39 is 0 Å². The van der Waals surface area contributed by atoms with Crippen molar-refractivity contribution < 1.29 is 0 Å². The van der Waals surface area contributed by atoms with Gasteiger partial charge in [-0.15, -0.1) is 0 Å². The van der Waals surface area contributed by atoms with Crippen LogP contribution in [0.2, 0.25) is 0 Å². The number of nitrogens with zero attached hydrogens (tertiary/aromatic N) is 2. The molecule has 1 saturated heterocycles. The average molecular weight is 368 g/mol. The van der Waals surface area contributed by atoms with E-state index in [1.165, 1.54) is 27.8 Å². The number of aryl methyl sites for hydroxylation is 4. The lowest BCUT2D eigenvalue weighted by atomic mass is 10.0. The summed E-state index contributed by atoms with van der Waals surface area (Å²) in [5, 5.41) is 4.31. The number of para-hydroxylation sites is 1. The van der Waals surface area contributed by atoms with Gasteiger partial charge in [-0.1, -0.05) is 42.0 Å². The lowest BCUT2D eigenvalue weighted by molar-refractivity contribution is 0.133. The van der Waals surface area contributed by atoms with E-state index in [4.69, 9.17) is 12.2 Å². The van der Waals surface area contributed by atoms with E-state index in [-0.39, 0.29) is 0 Å². The molecule has 1 aliphatic rings. The van der Waals surface area contributed by atoms with Gasteiger partial charge in [-0.2, -0.15) is 0 Å². The minimum Gasteiger partial charge on any atom is -0.336 e. The van der Waals surface area contributed by atoms with Crippen molar-refractivity contribution in [2.45, 2.75) is 40.7 Å². The Bertz CT molecular complexity index is 780. The summed E-state index contributed by atoms with van der Waals surface area (Å²) < 4.78 is 0. The second kappa shape index (κ2) is 8.19. The predicted octanol–water partition coefficient (Wildman–Crippen LogP) is 4.78. The van der Waals surface area contributed by atoms with Gasteiger partial charge < -0.3 is 10.2 Å². The van der Waals surface area contributed by atoms with Crippen molar-refractivity contribution in [2.24, 2.45) is 0 Å². The zero-order valence-electron chi connectivity index (χ0n) is 16.3. The molecule has 0 saturated carbocycles. The fourth-order valence-corrected chi connectivity index (χ4v) is 3.82. The lowest BCUT2D eigenvalue weighted by Gasteiger charge is -2.37. The normalized spacial score (nSPS) is 15.2. The van der Waals surface area contributed by atoms with Gasteiger partial charge in [-0.05, 0) is 68.6 Å². The van der Waals surface area contributed by atoms with E-state index >= 15 is 0 Å². The van der Waals surface area contributed by atoms with Crippen molar-refractivity contribution in [2.75, 3.05) is 25.1 Å². The molecule has 0 spiro atoms. The van der Waals surface area contributed by atoms with E-state index in [0.717, 1.165) is 43.5 Å². The van der Waals surface area contributed by atoms with Gasteiger partial charge in [0.15, 0.2) is 5.11 Å². The number of thiocarbonyl (C=S) groups is 1. The number of hydrogen-bond acceptors (Lipinski definition) is 2. The number of nitrogens with one attached hydrogen (secondary N) is 1. The second-order valence-corrected chi connectivity index (χ2v) is 7.82. The van der Waals surface area contributed by atoms with Crippen LogP contribution in [0.5, 0.6) is 0 Å². The Kier molecular flexibility index (Phi) is 5.94. The summed E-state index contributed by atoms with van der Waals surface area (Å²) >= 11 is 5.73. The highest BCUT2D eigenvalue weighted by Gasteiger charge is 2.20. The Morgan fingerprint density at radius 1 is 1.00 bits per heavy atom. The minimum absolute atomic E-state index is 0.827. The van der Waals surface area contributed by atoms with Crippen molar-refractivity contribution in [3.63, 3.8) is 0 Å². The first-order valence-electron chi connectivity index (χ1n) is 9.34. The van der Waals surface area contributed by atoms with Gasteiger partial charge in [0, 0.05) is 25.3 Å². The molecule has 0 aliphatic carbocycles. The molecule has 0 radical (unpaired) electrons. The molecule has 0 amide bonds. The van der Waals surface area contributed by atoms with E-state index in [1.807, 2.05) is 0 Å². The molecule has 4 heteroatoms. The molecule has 0 atom stereocenters. The van der Waals surface area contributed by atoms with E-state index in [9.17, 15) is 0 Å². The summed E-state index contributed by atoms with van der Waals surface area (Å²) in [6.07, 6.45) is 1.14. The van der Waals surface area contributed by atoms with Crippen LogP contribution in [0.15, 0.2) is 36.4 Å². The maximum Gasteiger partial charge on any atom is 0.174 e. The van der Waals surface area contributed by atoms with Crippen LogP contribution in [0.3, 0.4) is 0 Å².